The zero-order valence-electron chi connectivity index (χ0n) is 10.8. The van der Waals surface area contributed by atoms with Crippen LogP contribution in [0.3, 0.4) is 0 Å². The molecular formula is C15H11F4NO. The van der Waals surface area contributed by atoms with Gasteiger partial charge in [0.05, 0.1) is 6.21 Å². The van der Waals surface area contributed by atoms with Gasteiger partial charge in [0.2, 0.25) is 0 Å². The van der Waals surface area contributed by atoms with E-state index in [1.807, 2.05) is 0 Å². The molecule has 21 heavy (non-hydrogen) atoms. The van der Waals surface area contributed by atoms with Gasteiger partial charge < -0.3 is 4.84 Å². The lowest BCUT2D eigenvalue weighted by atomic mass is 10.1. The van der Waals surface area contributed by atoms with E-state index in [4.69, 9.17) is 4.84 Å². The molecule has 2 rings (SSSR count). The highest BCUT2D eigenvalue weighted by molar-refractivity contribution is 5.79. The van der Waals surface area contributed by atoms with E-state index in [0.717, 1.165) is 12.1 Å². The van der Waals surface area contributed by atoms with Gasteiger partial charge in [-0.05, 0) is 23.3 Å². The number of rotatable bonds is 5. The zero-order valence-corrected chi connectivity index (χ0v) is 10.8. The van der Waals surface area contributed by atoms with Crippen molar-refractivity contribution in [2.45, 2.75) is 13.0 Å². The van der Waals surface area contributed by atoms with E-state index >= 15 is 0 Å². The Morgan fingerprint density at radius 2 is 1.71 bits per heavy atom. The van der Waals surface area contributed by atoms with Gasteiger partial charge >= 0.3 is 0 Å². The monoisotopic (exact) mass is 297 g/mol. The van der Waals surface area contributed by atoms with Crippen molar-refractivity contribution in [1.82, 2.24) is 0 Å². The molecular weight excluding hydrogens is 286 g/mol. The highest BCUT2D eigenvalue weighted by Crippen LogP contribution is 2.18. The summed E-state index contributed by atoms with van der Waals surface area (Å²) in [7, 11) is 0. The molecule has 0 aliphatic rings. The van der Waals surface area contributed by atoms with E-state index < -0.39 is 18.1 Å². The van der Waals surface area contributed by atoms with E-state index in [1.165, 1.54) is 36.5 Å². The molecule has 0 radical (unpaired) electrons. The van der Waals surface area contributed by atoms with Crippen molar-refractivity contribution >= 4 is 6.21 Å². The summed E-state index contributed by atoms with van der Waals surface area (Å²) in [5, 5.41) is 3.63. The SMILES string of the molecule is Fc1ccc(CON=Cc2ccc(C(F)F)cc2)cc1F. The fourth-order valence-electron chi connectivity index (χ4n) is 1.57. The van der Waals surface area contributed by atoms with Gasteiger partial charge in [-0.1, -0.05) is 35.5 Å². The molecule has 0 atom stereocenters. The Hall–Kier alpha value is -2.37. The third kappa shape index (κ3) is 4.30. The predicted molar refractivity (Wildman–Crippen MR) is 70.1 cm³/mol. The standard InChI is InChI=1S/C15H11F4NO/c16-13-6-3-11(7-14(13)17)9-21-20-8-10-1-4-12(5-2-10)15(18)19/h1-8,15H,9H2. The maximum atomic E-state index is 12.9. The Morgan fingerprint density at radius 3 is 2.33 bits per heavy atom. The van der Waals surface area contributed by atoms with Crippen LogP contribution < -0.4 is 0 Å². The van der Waals surface area contributed by atoms with Gasteiger partial charge in [0.1, 0.15) is 6.61 Å². The van der Waals surface area contributed by atoms with Crippen LogP contribution in [-0.2, 0) is 11.4 Å². The molecule has 0 heterocycles. The molecule has 0 N–H and O–H groups in total. The van der Waals surface area contributed by atoms with Gasteiger partial charge in [-0.25, -0.2) is 17.6 Å². The van der Waals surface area contributed by atoms with Crippen molar-refractivity contribution in [2.24, 2.45) is 5.16 Å². The number of alkyl halides is 2. The maximum absolute atomic E-state index is 12.9. The fourth-order valence-corrected chi connectivity index (χ4v) is 1.57. The molecule has 0 aliphatic carbocycles. The summed E-state index contributed by atoms with van der Waals surface area (Å²) >= 11 is 0. The summed E-state index contributed by atoms with van der Waals surface area (Å²) in [6.07, 6.45) is -1.17. The molecule has 0 unspecified atom stereocenters. The van der Waals surface area contributed by atoms with Crippen LogP contribution in [0.4, 0.5) is 17.6 Å². The van der Waals surface area contributed by atoms with E-state index in [0.29, 0.717) is 11.1 Å². The lowest BCUT2D eigenvalue weighted by molar-refractivity contribution is 0.132. The first-order chi connectivity index (χ1) is 10.1. The van der Waals surface area contributed by atoms with Crippen LogP contribution in [0.15, 0.2) is 47.6 Å². The van der Waals surface area contributed by atoms with Crippen LogP contribution >= 0.6 is 0 Å². The number of nitrogens with zero attached hydrogens (tertiary/aromatic N) is 1. The first kappa shape index (κ1) is 15.0. The van der Waals surface area contributed by atoms with E-state index in [9.17, 15) is 17.6 Å². The van der Waals surface area contributed by atoms with Gasteiger partial charge in [0.25, 0.3) is 6.43 Å². The molecule has 2 aromatic rings. The van der Waals surface area contributed by atoms with Crippen molar-refractivity contribution in [3.8, 4) is 0 Å². The second-order valence-corrected chi connectivity index (χ2v) is 4.22. The Bertz CT molecular complexity index is 626. The minimum absolute atomic E-state index is 0.0250. The second-order valence-electron chi connectivity index (χ2n) is 4.22. The maximum Gasteiger partial charge on any atom is 0.263 e. The minimum atomic E-state index is -2.51. The Labute approximate surface area is 118 Å². The average Bonchev–Trinajstić information content (AvgIpc) is 2.47. The number of halogens is 4. The van der Waals surface area contributed by atoms with Gasteiger partial charge in [0, 0.05) is 5.56 Å². The molecule has 0 spiro atoms. The lowest BCUT2D eigenvalue weighted by Crippen LogP contribution is -1.92. The highest BCUT2D eigenvalue weighted by Gasteiger charge is 2.05. The number of benzene rings is 2. The Kier molecular flexibility index (Phi) is 4.92. The molecule has 2 aromatic carbocycles. The molecule has 110 valence electrons. The van der Waals surface area contributed by atoms with Crippen molar-refractivity contribution in [1.29, 1.82) is 0 Å². The third-order valence-electron chi connectivity index (χ3n) is 2.68. The van der Waals surface area contributed by atoms with Gasteiger partial charge in [-0.15, -0.1) is 0 Å². The molecule has 0 fully saturated rings. The van der Waals surface area contributed by atoms with Crippen LogP contribution in [0.5, 0.6) is 0 Å². The summed E-state index contributed by atoms with van der Waals surface area (Å²) in [4.78, 5) is 4.93. The lowest BCUT2D eigenvalue weighted by Gasteiger charge is -2.01. The number of hydrogen-bond donors (Lipinski definition) is 0. The van der Waals surface area contributed by atoms with Crippen molar-refractivity contribution in [2.75, 3.05) is 0 Å². The molecule has 0 amide bonds. The molecule has 6 heteroatoms. The number of hydrogen-bond acceptors (Lipinski definition) is 2. The molecule has 2 nitrogen and oxygen atoms in total. The minimum Gasteiger partial charge on any atom is -0.391 e. The van der Waals surface area contributed by atoms with Crippen molar-refractivity contribution in [3.05, 3.63) is 70.8 Å². The van der Waals surface area contributed by atoms with Crippen LogP contribution in [0.2, 0.25) is 0 Å². The quantitative estimate of drug-likeness (QED) is 0.454. The van der Waals surface area contributed by atoms with E-state index in [1.54, 1.807) is 0 Å². The van der Waals surface area contributed by atoms with E-state index in [-0.39, 0.29) is 12.2 Å². The average molecular weight is 297 g/mol. The first-order valence-electron chi connectivity index (χ1n) is 6.03. The van der Waals surface area contributed by atoms with Crippen LogP contribution in [0, 0.1) is 11.6 Å². The topological polar surface area (TPSA) is 21.6 Å². The van der Waals surface area contributed by atoms with Gasteiger partial charge in [-0.3, -0.25) is 0 Å². The molecule has 0 saturated heterocycles. The summed E-state index contributed by atoms with van der Waals surface area (Å²) in [5.74, 6) is -1.89. The predicted octanol–water partition coefficient (Wildman–Crippen LogP) is 4.45. The van der Waals surface area contributed by atoms with Crippen LogP contribution in [-0.4, -0.2) is 6.21 Å². The van der Waals surface area contributed by atoms with Crippen LogP contribution in [0.25, 0.3) is 0 Å². The van der Waals surface area contributed by atoms with Gasteiger partial charge in [-0.2, -0.15) is 0 Å². The molecule has 0 aromatic heterocycles. The highest BCUT2D eigenvalue weighted by atomic mass is 19.3. The number of oxime groups is 1. The van der Waals surface area contributed by atoms with Gasteiger partial charge in [0.15, 0.2) is 11.6 Å². The summed E-state index contributed by atoms with van der Waals surface area (Å²) < 4.78 is 50.3. The summed E-state index contributed by atoms with van der Waals surface area (Å²) in [6, 6.07) is 8.94. The second kappa shape index (κ2) is 6.88. The van der Waals surface area contributed by atoms with Crippen molar-refractivity contribution in [3.63, 3.8) is 0 Å². The smallest absolute Gasteiger partial charge is 0.263 e. The summed E-state index contributed by atoms with van der Waals surface area (Å²) in [6.45, 7) is -0.0250. The summed E-state index contributed by atoms with van der Waals surface area (Å²) in [5.41, 5.74) is 0.943. The molecule has 0 aliphatic heterocycles. The first-order valence-corrected chi connectivity index (χ1v) is 6.03. The molecule has 0 saturated carbocycles. The van der Waals surface area contributed by atoms with Crippen molar-refractivity contribution < 1.29 is 22.4 Å². The fraction of sp³-hybridized carbons (Fsp3) is 0.133. The Balaban J connectivity index is 1.88. The Morgan fingerprint density at radius 1 is 1.00 bits per heavy atom. The zero-order chi connectivity index (χ0) is 15.2. The third-order valence-corrected chi connectivity index (χ3v) is 2.68. The van der Waals surface area contributed by atoms with E-state index in [2.05, 4.69) is 5.16 Å². The van der Waals surface area contributed by atoms with Crippen LogP contribution in [0.1, 0.15) is 23.1 Å². The molecule has 0 bridgehead atoms. The normalized spacial score (nSPS) is 11.3. The largest absolute Gasteiger partial charge is 0.391 e.